The number of ketones is 1. The quantitative estimate of drug-likeness (QED) is 0.600. The molecule has 1 atom stereocenters. The molecular formula is C20H24O5. The Balaban J connectivity index is 2.26. The van der Waals surface area contributed by atoms with Gasteiger partial charge in [-0.1, -0.05) is 27.7 Å². The van der Waals surface area contributed by atoms with Crippen LogP contribution in [0.4, 0.5) is 0 Å². The van der Waals surface area contributed by atoms with Crippen LogP contribution in [0.2, 0.25) is 0 Å². The van der Waals surface area contributed by atoms with Crippen LogP contribution >= 0.6 is 0 Å². The van der Waals surface area contributed by atoms with Crippen LogP contribution in [0.3, 0.4) is 0 Å². The number of benzene rings is 1. The zero-order valence-corrected chi connectivity index (χ0v) is 15.3. The Morgan fingerprint density at radius 2 is 1.72 bits per heavy atom. The normalized spacial score (nSPS) is 25.0. The average molecular weight is 344 g/mol. The Hall–Kier alpha value is -2.30. The molecule has 0 aromatic heterocycles. The molecule has 5 nitrogen and oxygen atoms in total. The molecule has 0 saturated carbocycles. The van der Waals surface area contributed by atoms with E-state index in [9.17, 15) is 19.8 Å². The number of hydrogen-bond acceptors (Lipinski definition) is 5. The molecule has 5 heteroatoms. The van der Waals surface area contributed by atoms with Gasteiger partial charge in [-0.15, -0.1) is 0 Å². The third-order valence-corrected chi connectivity index (χ3v) is 5.31. The molecule has 0 amide bonds. The molecule has 1 heterocycles. The second kappa shape index (κ2) is 5.35. The Kier molecular flexibility index (Phi) is 3.75. The first kappa shape index (κ1) is 17.5. The first-order valence-electron chi connectivity index (χ1n) is 8.53. The molecule has 3 rings (SSSR count). The second-order valence-corrected chi connectivity index (χ2v) is 8.21. The van der Waals surface area contributed by atoms with Crippen molar-refractivity contribution in [3.63, 3.8) is 0 Å². The van der Waals surface area contributed by atoms with Gasteiger partial charge in [0.05, 0.1) is 6.42 Å². The molecule has 1 fully saturated rings. The van der Waals surface area contributed by atoms with Crippen molar-refractivity contribution in [1.82, 2.24) is 0 Å². The summed E-state index contributed by atoms with van der Waals surface area (Å²) in [5, 5.41) is 20.9. The SMILES string of the molecule is CC(C)c1cc2c(c(O)c1O)CC1(C)OC(=O)CC(C)(C)C1=CC2=O. The highest BCUT2D eigenvalue weighted by Crippen LogP contribution is 2.50. The molecule has 0 radical (unpaired) electrons. The molecular weight excluding hydrogens is 320 g/mol. The highest BCUT2D eigenvalue weighted by molar-refractivity contribution is 6.08. The van der Waals surface area contributed by atoms with E-state index in [2.05, 4.69) is 0 Å². The minimum atomic E-state index is -1.02. The van der Waals surface area contributed by atoms with Crippen molar-refractivity contribution in [3.8, 4) is 11.5 Å². The standard InChI is InChI=1S/C20H24O5/c1-10(2)11-6-12-13(18(24)17(11)23)8-20(5)15(7-14(12)21)19(3,4)9-16(22)25-20/h6-7,10,23-24H,8-9H2,1-5H3. The molecule has 0 spiro atoms. The van der Waals surface area contributed by atoms with Gasteiger partial charge in [-0.3, -0.25) is 9.59 Å². The van der Waals surface area contributed by atoms with Gasteiger partial charge in [-0.2, -0.15) is 0 Å². The highest BCUT2D eigenvalue weighted by atomic mass is 16.6. The number of allylic oxidation sites excluding steroid dienone is 1. The summed E-state index contributed by atoms with van der Waals surface area (Å²) in [5.74, 6) is -1.13. The van der Waals surface area contributed by atoms with Gasteiger partial charge >= 0.3 is 5.97 Å². The molecule has 25 heavy (non-hydrogen) atoms. The highest BCUT2D eigenvalue weighted by Gasteiger charge is 2.49. The van der Waals surface area contributed by atoms with E-state index in [0.29, 0.717) is 16.7 Å². The Morgan fingerprint density at radius 1 is 1.08 bits per heavy atom. The monoisotopic (exact) mass is 344 g/mol. The van der Waals surface area contributed by atoms with Crippen LogP contribution < -0.4 is 0 Å². The van der Waals surface area contributed by atoms with E-state index in [1.54, 1.807) is 19.1 Å². The third-order valence-electron chi connectivity index (χ3n) is 5.31. The van der Waals surface area contributed by atoms with Crippen molar-refractivity contribution in [2.75, 3.05) is 0 Å². The number of phenolic OH excluding ortho intramolecular Hbond substituents is 2. The summed E-state index contributed by atoms with van der Waals surface area (Å²) in [6.45, 7) is 9.35. The minimum absolute atomic E-state index is 0.0490. The maximum Gasteiger partial charge on any atom is 0.307 e. The average Bonchev–Trinajstić information content (AvgIpc) is 2.57. The topological polar surface area (TPSA) is 83.8 Å². The fraction of sp³-hybridized carbons (Fsp3) is 0.500. The molecule has 0 bridgehead atoms. The second-order valence-electron chi connectivity index (χ2n) is 8.21. The van der Waals surface area contributed by atoms with Crippen LogP contribution in [0.15, 0.2) is 17.7 Å². The predicted molar refractivity (Wildman–Crippen MR) is 92.9 cm³/mol. The van der Waals surface area contributed by atoms with Gasteiger partial charge in [0.25, 0.3) is 0 Å². The summed E-state index contributed by atoms with van der Waals surface area (Å²) >= 11 is 0. The van der Waals surface area contributed by atoms with Gasteiger partial charge in [0.15, 0.2) is 17.3 Å². The molecule has 2 N–H and O–H groups in total. The van der Waals surface area contributed by atoms with Crippen molar-refractivity contribution in [2.24, 2.45) is 5.41 Å². The maximum absolute atomic E-state index is 12.9. The van der Waals surface area contributed by atoms with Crippen LogP contribution in [-0.4, -0.2) is 27.6 Å². The van der Waals surface area contributed by atoms with E-state index in [1.807, 2.05) is 27.7 Å². The van der Waals surface area contributed by atoms with Gasteiger partial charge in [0.2, 0.25) is 0 Å². The minimum Gasteiger partial charge on any atom is -0.504 e. The summed E-state index contributed by atoms with van der Waals surface area (Å²) in [5.41, 5.74) is 0.406. The fourth-order valence-corrected chi connectivity index (χ4v) is 4.10. The maximum atomic E-state index is 12.9. The van der Waals surface area contributed by atoms with Crippen LogP contribution in [0, 0.1) is 5.41 Å². The third kappa shape index (κ3) is 2.62. The van der Waals surface area contributed by atoms with E-state index in [1.165, 1.54) is 0 Å². The summed E-state index contributed by atoms with van der Waals surface area (Å²) in [7, 11) is 0. The van der Waals surface area contributed by atoms with Gasteiger partial charge in [0.1, 0.15) is 5.60 Å². The van der Waals surface area contributed by atoms with Crippen molar-refractivity contribution in [3.05, 3.63) is 34.4 Å². The van der Waals surface area contributed by atoms with Crippen LogP contribution in [0.1, 0.15) is 68.4 Å². The van der Waals surface area contributed by atoms with Gasteiger partial charge in [-0.25, -0.2) is 0 Å². The summed E-state index contributed by atoms with van der Waals surface area (Å²) in [6.07, 6.45) is 1.89. The number of fused-ring (bicyclic) bond motifs is 2. The summed E-state index contributed by atoms with van der Waals surface area (Å²) in [6, 6.07) is 1.64. The molecule has 1 aromatic rings. The molecule has 134 valence electrons. The number of rotatable bonds is 1. The van der Waals surface area contributed by atoms with Gasteiger partial charge in [0, 0.05) is 28.5 Å². The zero-order valence-electron chi connectivity index (χ0n) is 15.3. The lowest BCUT2D eigenvalue weighted by Gasteiger charge is -2.44. The number of aromatic hydroxyl groups is 2. The largest absolute Gasteiger partial charge is 0.504 e. The van der Waals surface area contributed by atoms with E-state index >= 15 is 0 Å². The van der Waals surface area contributed by atoms with E-state index in [0.717, 1.165) is 5.57 Å². The lowest BCUT2D eigenvalue weighted by Crippen LogP contribution is -2.47. The molecule has 1 unspecified atom stereocenters. The van der Waals surface area contributed by atoms with Gasteiger partial charge < -0.3 is 14.9 Å². The predicted octanol–water partition coefficient (Wildman–Crippen LogP) is 3.62. The van der Waals surface area contributed by atoms with E-state index in [4.69, 9.17) is 4.74 Å². The number of hydrogen-bond donors (Lipinski definition) is 2. The number of carbonyl (C=O) groups excluding carboxylic acids is 2. The number of esters is 1. The fourth-order valence-electron chi connectivity index (χ4n) is 4.10. The van der Waals surface area contributed by atoms with Crippen molar-refractivity contribution in [2.45, 2.75) is 59.0 Å². The first-order valence-corrected chi connectivity index (χ1v) is 8.53. The Morgan fingerprint density at radius 3 is 2.32 bits per heavy atom. The Labute approximate surface area is 147 Å². The summed E-state index contributed by atoms with van der Waals surface area (Å²) < 4.78 is 5.62. The number of phenols is 2. The summed E-state index contributed by atoms with van der Waals surface area (Å²) in [4.78, 5) is 25.0. The van der Waals surface area contributed by atoms with E-state index in [-0.39, 0.29) is 42.0 Å². The molecule has 1 aliphatic carbocycles. The Bertz CT molecular complexity index is 816. The van der Waals surface area contributed by atoms with Crippen molar-refractivity contribution < 1.29 is 24.5 Å². The van der Waals surface area contributed by atoms with Crippen LogP contribution in [0.5, 0.6) is 11.5 Å². The lowest BCUT2D eigenvalue weighted by molar-refractivity contribution is -0.163. The molecule has 2 aliphatic rings. The van der Waals surface area contributed by atoms with Crippen LogP contribution in [0.25, 0.3) is 0 Å². The molecule has 1 aromatic carbocycles. The zero-order chi connectivity index (χ0) is 18.7. The first-order chi connectivity index (χ1) is 11.5. The molecule has 1 aliphatic heterocycles. The number of ether oxygens (including phenoxy) is 1. The smallest absolute Gasteiger partial charge is 0.307 e. The lowest BCUT2D eigenvalue weighted by atomic mass is 9.70. The van der Waals surface area contributed by atoms with Crippen molar-refractivity contribution in [1.29, 1.82) is 0 Å². The van der Waals surface area contributed by atoms with E-state index < -0.39 is 11.0 Å². The molecule has 1 saturated heterocycles. The van der Waals surface area contributed by atoms with Crippen molar-refractivity contribution >= 4 is 11.8 Å². The number of carbonyl (C=O) groups is 2. The van der Waals surface area contributed by atoms with Crippen LogP contribution in [-0.2, 0) is 16.0 Å². The van der Waals surface area contributed by atoms with Gasteiger partial charge in [-0.05, 0) is 30.6 Å².